The second-order valence-corrected chi connectivity index (χ2v) is 7.25. The summed E-state index contributed by atoms with van der Waals surface area (Å²) >= 11 is 0. The second-order valence-electron chi connectivity index (χ2n) is 5.19. The molecule has 1 amide bonds. The molecule has 0 aliphatic heterocycles. The van der Waals surface area contributed by atoms with Crippen molar-refractivity contribution in [2.75, 3.05) is 18.2 Å². The summed E-state index contributed by atoms with van der Waals surface area (Å²) in [7, 11) is -2.45. The van der Waals surface area contributed by atoms with E-state index in [-0.39, 0.29) is 22.9 Å². The molecule has 2 rings (SSSR count). The number of hydrogen-bond donors (Lipinski definition) is 1. The van der Waals surface area contributed by atoms with Gasteiger partial charge in [0.15, 0.2) is 21.3 Å². The molecular weight excluding hydrogens is 370 g/mol. The number of sulfone groups is 1. The highest BCUT2D eigenvalue weighted by Gasteiger charge is 2.19. The topological polar surface area (TPSA) is 94.6 Å². The van der Waals surface area contributed by atoms with Crippen molar-refractivity contribution >= 4 is 21.4 Å². The van der Waals surface area contributed by atoms with E-state index in [2.05, 4.69) is 15.0 Å². The minimum absolute atomic E-state index is 0.0486. The zero-order valence-corrected chi connectivity index (χ0v) is 14.5. The summed E-state index contributed by atoms with van der Waals surface area (Å²) in [6.45, 7) is -3.07. The van der Waals surface area contributed by atoms with Crippen molar-refractivity contribution in [1.29, 1.82) is 0 Å². The molecule has 0 aliphatic rings. The molecule has 0 spiro atoms. The third kappa shape index (κ3) is 5.96. The van der Waals surface area contributed by atoms with Gasteiger partial charge in [0.25, 0.3) is 0 Å². The highest BCUT2D eigenvalue weighted by molar-refractivity contribution is 7.91. The number of alkyl halides is 2. The average molecular weight is 386 g/mol. The third-order valence-electron chi connectivity index (χ3n) is 3.12. The largest absolute Gasteiger partial charge is 0.493 e. The number of nitrogens with zero attached hydrogens (tertiary/aromatic N) is 1. The lowest BCUT2D eigenvalue weighted by atomic mass is 10.2. The Kier molecular flexibility index (Phi) is 6.45. The minimum atomic E-state index is -3.72. The maximum atomic E-state index is 12.4. The van der Waals surface area contributed by atoms with Crippen molar-refractivity contribution in [2.45, 2.75) is 12.4 Å². The number of pyridine rings is 1. The van der Waals surface area contributed by atoms with Crippen LogP contribution in [-0.2, 0) is 20.4 Å². The van der Waals surface area contributed by atoms with Gasteiger partial charge >= 0.3 is 6.61 Å². The summed E-state index contributed by atoms with van der Waals surface area (Å²) in [6.07, 6.45) is 2.90. The van der Waals surface area contributed by atoms with Crippen LogP contribution in [0.2, 0.25) is 0 Å². The number of carbonyl (C=O) groups excluding carboxylic acids is 1. The van der Waals surface area contributed by atoms with Crippen LogP contribution in [0.3, 0.4) is 0 Å². The fourth-order valence-electron chi connectivity index (χ4n) is 2.13. The van der Waals surface area contributed by atoms with Gasteiger partial charge in [0.2, 0.25) is 5.91 Å². The van der Waals surface area contributed by atoms with Gasteiger partial charge in [-0.2, -0.15) is 8.78 Å². The molecule has 1 N–H and O–H groups in total. The number of benzene rings is 1. The molecular formula is C16H16F2N2O5S. The Morgan fingerprint density at radius 1 is 1.27 bits per heavy atom. The van der Waals surface area contributed by atoms with E-state index >= 15 is 0 Å². The Labute approximate surface area is 148 Å². The van der Waals surface area contributed by atoms with E-state index < -0.39 is 28.1 Å². The van der Waals surface area contributed by atoms with E-state index in [4.69, 9.17) is 4.74 Å². The number of nitrogens with one attached hydrogen (secondary N) is 1. The van der Waals surface area contributed by atoms with Gasteiger partial charge in [0, 0.05) is 24.1 Å². The van der Waals surface area contributed by atoms with Crippen LogP contribution in [0, 0.1) is 0 Å². The number of amides is 1. The van der Waals surface area contributed by atoms with E-state index in [1.807, 2.05) is 0 Å². The van der Waals surface area contributed by atoms with Crippen LogP contribution in [0.5, 0.6) is 11.5 Å². The monoisotopic (exact) mass is 386 g/mol. The van der Waals surface area contributed by atoms with Gasteiger partial charge in [-0.3, -0.25) is 9.78 Å². The molecule has 0 aliphatic carbocycles. The zero-order valence-electron chi connectivity index (χ0n) is 13.7. The molecule has 7 nitrogen and oxygen atoms in total. The molecule has 1 aromatic carbocycles. The summed E-state index contributed by atoms with van der Waals surface area (Å²) in [5.74, 6) is -2.14. The van der Waals surface area contributed by atoms with Crippen LogP contribution in [0.15, 0.2) is 42.7 Å². The van der Waals surface area contributed by atoms with Crippen LogP contribution in [-0.4, -0.2) is 38.8 Å². The number of halogens is 2. The first-order valence-corrected chi connectivity index (χ1v) is 9.13. The molecule has 0 atom stereocenters. The van der Waals surface area contributed by atoms with Crippen molar-refractivity contribution in [1.82, 2.24) is 4.98 Å². The minimum Gasteiger partial charge on any atom is -0.493 e. The molecule has 0 radical (unpaired) electrons. The number of methoxy groups -OCH3 is 1. The average Bonchev–Trinajstić information content (AvgIpc) is 2.54. The van der Waals surface area contributed by atoms with Crippen LogP contribution >= 0.6 is 0 Å². The standard InChI is InChI=1S/C16H16F2N2O5S/c1-24-13-5-4-12(7-14(13)25-16(17)18)20-15(21)10-26(22,23)9-11-3-2-6-19-8-11/h2-8,16H,9-10H2,1H3,(H,20,21). The predicted octanol–water partition coefficient (Wildman–Crippen LogP) is 2.25. The number of carbonyl (C=O) groups is 1. The van der Waals surface area contributed by atoms with Crippen LogP contribution in [0.25, 0.3) is 0 Å². The van der Waals surface area contributed by atoms with Crippen LogP contribution in [0.1, 0.15) is 5.56 Å². The normalized spacial score (nSPS) is 11.2. The van der Waals surface area contributed by atoms with Crippen molar-refractivity contribution in [3.63, 3.8) is 0 Å². The van der Waals surface area contributed by atoms with Crippen molar-refractivity contribution in [2.24, 2.45) is 0 Å². The Balaban J connectivity index is 2.05. The highest BCUT2D eigenvalue weighted by atomic mass is 32.2. The molecule has 0 saturated carbocycles. The first kappa shape index (κ1) is 19.6. The smallest absolute Gasteiger partial charge is 0.387 e. The van der Waals surface area contributed by atoms with Gasteiger partial charge in [-0.1, -0.05) is 6.07 Å². The van der Waals surface area contributed by atoms with Crippen LogP contribution < -0.4 is 14.8 Å². The molecule has 0 unspecified atom stereocenters. The number of hydrogen-bond acceptors (Lipinski definition) is 6. The lowest BCUT2D eigenvalue weighted by Crippen LogP contribution is -2.24. The highest BCUT2D eigenvalue weighted by Crippen LogP contribution is 2.31. The number of aromatic nitrogens is 1. The number of anilines is 1. The van der Waals surface area contributed by atoms with Crippen molar-refractivity contribution in [3.05, 3.63) is 48.3 Å². The predicted molar refractivity (Wildman–Crippen MR) is 90.0 cm³/mol. The molecule has 140 valence electrons. The number of ether oxygens (including phenoxy) is 2. The van der Waals surface area contributed by atoms with Crippen LogP contribution in [0.4, 0.5) is 14.5 Å². The molecule has 1 heterocycles. The molecule has 26 heavy (non-hydrogen) atoms. The van der Waals surface area contributed by atoms with Crippen molar-refractivity contribution < 1.29 is 31.5 Å². The lowest BCUT2D eigenvalue weighted by molar-refractivity contribution is -0.113. The Bertz CT molecular complexity index is 860. The Morgan fingerprint density at radius 2 is 2.04 bits per heavy atom. The maximum absolute atomic E-state index is 12.4. The lowest BCUT2D eigenvalue weighted by Gasteiger charge is -2.12. The first-order valence-electron chi connectivity index (χ1n) is 7.31. The molecule has 2 aromatic rings. The summed E-state index contributed by atoms with van der Waals surface area (Å²) < 4.78 is 58.2. The first-order chi connectivity index (χ1) is 12.3. The van der Waals surface area contributed by atoms with Gasteiger partial charge in [0.05, 0.1) is 12.9 Å². The van der Waals surface area contributed by atoms with Crippen molar-refractivity contribution in [3.8, 4) is 11.5 Å². The SMILES string of the molecule is COc1ccc(NC(=O)CS(=O)(=O)Cc2cccnc2)cc1OC(F)F. The molecule has 10 heteroatoms. The maximum Gasteiger partial charge on any atom is 0.387 e. The molecule has 0 bridgehead atoms. The molecule has 0 saturated heterocycles. The van der Waals surface area contributed by atoms with E-state index in [0.717, 1.165) is 6.07 Å². The van der Waals surface area contributed by atoms with E-state index in [9.17, 15) is 22.0 Å². The van der Waals surface area contributed by atoms with Gasteiger partial charge < -0.3 is 14.8 Å². The summed E-state index contributed by atoms with van der Waals surface area (Å²) in [5, 5.41) is 2.33. The van der Waals surface area contributed by atoms with Gasteiger partial charge in [0.1, 0.15) is 5.75 Å². The fraction of sp³-hybridized carbons (Fsp3) is 0.250. The zero-order chi connectivity index (χ0) is 19.2. The van der Waals surface area contributed by atoms with E-state index in [0.29, 0.717) is 5.56 Å². The third-order valence-corrected chi connectivity index (χ3v) is 4.60. The Hall–Kier alpha value is -2.75. The summed E-state index contributed by atoms with van der Waals surface area (Å²) in [6, 6.07) is 6.99. The van der Waals surface area contributed by atoms with Gasteiger partial charge in [-0.15, -0.1) is 0 Å². The van der Waals surface area contributed by atoms with E-state index in [1.54, 1.807) is 12.1 Å². The Morgan fingerprint density at radius 3 is 2.65 bits per heavy atom. The fourth-order valence-corrected chi connectivity index (χ4v) is 3.38. The number of rotatable bonds is 8. The summed E-state index contributed by atoms with van der Waals surface area (Å²) in [5.41, 5.74) is 0.556. The van der Waals surface area contributed by atoms with Gasteiger partial charge in [-0.25, -0.2) is 8.42 Å². The quantitative estimate of drug-likeness (QED) is 0.748. The molecule has 1 aromatic heterocycles. The van der Waals surface area contributed by atoms with E-state index in [1.165, 1.54) is 31.6 Å². The van der Waals surface area contributed by atoms with Gasteiger partial charge in [-0.05, 0) is 23.8 Å². The molecule has 0 fully saturated rings. The summed E-state index contributed by atoms with van der Waals surface area (Å²) in [4.78, 5) is 15.8. The second kappa shape index (κ2) is 8.56.